The average Bonchev–Trinajstić information content (AvgIpc) is 2.30. The number of hydrogen-bond acceptors (Lipinski definition) is 2. The van der Waals surface area contributed by atoms with Gasteiger partial charge in [-0.25, -0.2) is 0 Å². The number of aldehydes is 1. The Morgan fingerprint density at radius 2 is 2.27 bits per heavy atom. The lowest BCUT2D eigenvalue weighted by Crippen LogP contribution is -2.13. The number of allylic oxidation sites excluding steroid dienone is 5. The smallest absolute Gasteiger partial charge is 0.128 e. The van der Waals surface area contributed by atoms with Gasteiger partial charge in [0.15, 0.2) is 0 Å². The fourth-order valence-corrected chi connectivity index (χ4v) is 0.828. The fourth-order valence-electron chi connectivity index (χ4n) is 0.828. The quantitative estimate of drug-likeness (QED) is 0.601. The van der Waals surface area contributed by atoms with Crippen molar-refractivity contribution in [2.75, 3.05) is 0 Å². The summed E-state index contributed by atoms with van der Waals surface area (Å²) in [5, 5.41) is 3.02. The molecule has 0 saturated heterocycles. The van der Waals surface area contributed by atoms with E-state index in [0.717, 1.165) is 12.0 Å². The van der Waals surface area contributed by atoms with Crippen molar-refractivity contribution in [1.29, 1.82) is 0 Å². The lowest BCUT2D eigenvalue weighted by Gasteiger charge is -2.07. The van der Waals surface area contributed by atoms with Crippen molar-refractivity contribution >= 4 is 6.29 Å². The molecule has 1 aliphatic rings. The molecule has 11 heavy (non-hydrogen) atoms. The van der Waals surface area contributed by atoms with Crippen LogP contribution in [0.15, 0.2) is 36.2 Å². The summed E-state index contributed by atoms with van der Waals surface area (Å²) in [5.74, 6) is -0.0533. The Bertz CT molecular complexity index is 226. The van der Waals surface area contributed by atoms with Crippen LogP contribution in [0, 0.1) is 5.92 Å². The van der Waals surface area contributed by atoms with E-state index in [1.54, 1.807) is 0 Å². The van der Waals surface area contributed by atoms with Crippen LogP contribution in [0.3, 0.4) is 0 Å². The molecular formula is C9H11NO. The SMILES string of the molecule is CC(C=O)C1=CC=CC=CN1. The third kappa shape index (κ3) is 2.08. The molecule has 0 radical (unpaired) electrons. The summed E-state index contributed by atoms with van der Waals surface area (Å²) in [6.07, 6.45) is 10.4. The van der Waals surface area contributed by atoms with Gasteiger partial charge in [0, 0.05) is 11.9 Å². The number of carbonyl (C=O) groups excluding carboxylic acids is 1. The number of carbonyl (C=O) groups is 1. The van der Waals surface area contributed by atoms with Gasteiger partial charge in [0.2, 0.25) is 0 Å². The van der Waals surface area contributed by atoms with Crippen LogP contribution >= 0.6 is 0 Å². The highest BCUT2D eigenvalue weighted by Crippen LogP contribution is 2.05. The van der Waals surface area contributed by atoms with E-state index in [9.17, 15) is 4.79 Å². The maximum atomic E-state index is 10.4. The van der Waals surface area contributed by atoms with Crippen molar-refractivity contribution in [1.82, 2.24) is 5.32 Å². The first-order chi connectivity index (χ1) is 5.34. The van der Waals surface area contributed by atoms with Crippen molar-refractivity contribution < 1.29 is 4.79 Å². The minimum atomic E-state index is -0.0533. The second-order valence-electron chi connectivity index (χ2n) is 2.44. The van der Waals surface area contributed by atoms with E-state index in [0.29, 0.717) is 0 Å². The number of rotatable bonds is 2. The van der Waals surface area contributed by atoms with Gasteiger partial charge in [0.25, 0.3) is 0 Å². The van der Waals surface area contributed by atoms with Crippen LogP contribution in [0.5, 0.6) is 0 Å². The van der Waals surface area contributed by atoms with E-state index in [2.05, 4.69) is 5.32 Å². The van der Waals surface area contributed by atoms with Crippen molar-refractivity contribution in [3.05, 3.63) is 36.2 Å². The molecular weight excluding hydrogens is 138 g/mol. The van der Waals surface area contributed by atoms with Crippen molar-refractivity contribution in [2.45, 2.75) is 6.92 Å². The molecule has 1 aliphatic heterocycles. The minimum Gasteiger partial charge on any atom is -0.364 e. The first-order valence-corrected chi connectivity index (χ1v) is 3.60. The van der Waals surface area contributed by atoms with Crippen molar-refractivity contribution in [2.24, 2.45) is 5.92 Å². The van der Waals surface area contributed by atoms with E-state index in [-0.39, 0.29) is 5.92 Å². The number of hydrogen-bond donors (Lipinski definition) is 1. The highest BCUT2D eigenvalue weighted by molar-refractivity contribution is 5.58. The van der Waals surface area contributed by atoms with Crippen LogP contribution in [0.25, 0.3) is 0 Å². The second-order valence-corrected chi connectivity index (χ2v) is 2.44. The molecule has 0 aliphatic carbocycles. The van der Waals surface area contributed by atoms with Gasteiger partial charge >= 0.3 is 0 Å². The molecule has 2 nitrogen and oxygen atoms in total. The van der Waals surface area contributed by atoms with Gasteiger partial charge in [-0.05, 0) is 12.2 Å². The standard InChI is InChI=1S/C9H11NO/c1-8(7-11)9-5-3-2-4-6-10-9/h2-8,10H,1H3. The Hall–Kier alpha value is -1.31. The zero-order valence-electron chi connectivity index (χ0n) is 6.45. The van der Waals surface area contributed by atoms with Gasteiger partial charge in [-0.3, -0.25) is 0 Å². The summed E-state index contributed by atoms with van der Waals surface area (Å²) in [6, 6.07) is 0. The topological polar surface area (TPSA) is 29.1 Å². The number of nitrogens with one attached hydrogen (secondary N) is 1. The van der Waals surface area contributed by atoms with Crippen molar-refractivity contribution in [3.63, 3.8) is 0 Å². The Labute approximate surface area is 66.3 Å². The molecule has 1 atom stereocenters. The van der Waals surface area contributed by atoms with Gasteiger partial charge < -0.3 is 10.1 Å². The van der Waals surface area contributed by atoms with Crippen LogP contribution in [0.1, 0.15) is 6.92 Å². The van der Waals surface area contributed by atoms with E-state index in [1.165, 1.54) is 0 Å². The summed E-state index contributed by atoms with van der Waals surface area (Å²) in [6.45, 7) is 1.86. The van der Waals surface area contributed by atoms with Gasteiger partial charge in [-0.1, -0.05) is 19.1 Å². The van der Waals surface area contributed by atoms with Gasteiger partial charge in [0.1, 0.15) is 6.29 Å². The molecule has 0 aromatic rings. The summed E-state index contributed by atoms with van der Waals surface area (Å²) in [7, 11) is 0. The van der Waals surface area contributed by atoms with Crippen LogP contribution in [0.2, 0.25) is 0 Å². The van der Waals surface area contributed by atoms with Crippen LogP contribution in [-0.4, -0.2) is 6.29 Å². The summed E-state index contributed by atoms with van der Waals surface area (Å²) in [5.41, 5.74) is 0.935. The molecule has 0 aromatic heterocycles. The normalized spacial score (nSPS) is 18.1. The lowest BCUT2D eigenvalue weighted by atomic mass is 10.1. The molecule has 1 heterocycles. The third-order valence-corrected chi connectivity index (χ3v) is 1.54. The summed E-state index contributed by atoms with van der Waals surface area (Å²) >= 11 is 0. The Kier molecular flexibility index (Phi) is 2.66. The largest absolute Gasteiger partial charge is 0.364 e. The Morgan fingerprint density at radius 3 is 3.00 bits per heavy atom. The Morgan fingerprint density at radius 1 is 1.45 bits per heavy atom. The molecule has 0 amide bonds. The predicted octanol–water partition coefficient (Wildman–Crippen LogP) is 1.38. The molecule has 0 fully saturated rings. The molecule has 2 heteroatoms. The highest BCUT2D eigenvalue weighted by atomic mass is 16.1. The average molecular weight is 149 g/mol. The highest BCUT2D eigenvalue weighted by Gasteiger charge is 2.04. The zero-order valence-corrected chi connectivity index (χ0v) is 6.45. The fraction of sp³-hybridized carbons (Fsp3) is 0.222. The molecule has 58 valence electrons. The molecule has 0 saturated carbocycles. The van der Waals surface area contributed by atoms with Gasteiger partial charge in [-0.15, -0.1) is 0 Å². The van der Waals surface area contributed by atoms with Crippen molar-refractivity contribution in [3.8, 4) is 0 Å². The molecule has 0 spiro atoms. The first kappa shape index (κ1) is 7.79. The third-order valence-electron chi connectivity index (χ3n) is 1.54. The van der Waals surface area contributed by atoms with Crippen LogP contribution < -0.4 is 5.32 Å². The van der Waals surface area contributed by atoms with Crippen LogP contribution in [0.4, 0.5) is 0 Å². The van der Waals surface area contributed by atoms with Crippen LogP contribution in [-0.2, 0) is 4.79 Å². The molecule has 0 bridgehead atoms. The second kappa shape index (κ2) is 3.76. The minimum absolute atomic E-state index is 0.0533. The van der Waals surface area contributed by atoms with E-state index >= 15 is 0 Å². The summed E-state index contributed by atoms with van der Waals surface area (Å²) in [4.78, 5) is 10.4. The zero-order chi connectivity index (χ0) is 8.10. The Balaban J connectivity index is 2.71. The van der Waals surface area contributed by atoms with Gasteiger partial charge in [0.05, 0.1) is 5.92 Å². The maximum Gasteiger partial charge on any atom is 0.128 e. The monoisotopic (exact) mass is 149 g/mol. The predicted molar refractivity (Wildman–Crippen MR) is 44.7 cm³/mol. The maximum absolute atomic E-state index is 10.4. The first-order valence-electron chi connectivity index (χ1n) is 3.60. The van der Waals surface area contributed by atoms with E-state index < -0.39 is 0 Å². The lowest BCUT2D eigenvalue weighted by molar-refractivity contribution is -0.109. The summed E-state index contributed by atoms with van der Waals surface area (Å²) < 4.78 is 0. The van der Waals surface area contributed by atoms with Gasteiger partial charge in [-0.2, -0.15) is 0 Å². The molecule has 1 N–H and O–H groups in total. The van der Waals surface area contributed by atoms with E-state index in [1.807, 2.05) is 37.4 Å². The molecule has 1 unspecified atom stereocenters. The van der Waals surface area contributed by atoms with E-state index in [4.69, 9.17) is 0 Å². The molecule has 1 rings (SSSR count). The molecule has 0 aromatic carbocycles.